The molecule has 0 fully saturated rings. The largest absolute Gasteiger partial charge is 0.493 e. The standard InChI is InChI=1S/C16H25N3O4/c1-18(2)16(21)12-19(3)11-15(20)17-9-10-23-14-8-6-5-7-13(14)22-4/h5-8H,9-12H2,1-4H3,(H,17,20). The van der Waals surface area contributed by atoms with Crippen molar-refractivity contribution in [3.63, 3.8) is 0 Å². The Bertz CT molecular complexity index is 520. The fourth-order valence-corrected chi connectivity index (χ4v) is 1.82. The smallest absolute Gasteiger partial charge is 0.236 e. The van der Waals surface area contributed by atoms with Gasteiger partial charge < -0.3 is 19.7 Å². The molecule has 7 heteroatoms. The average Bonchev–Trinajstić information content (AvgIpc) is 2.51. The van der Waals surface area contributed by atoms with Crippen LogP contribution in [0.15, 0.2) is 24.3 Å². The van der Waals surface area contributed by atoms with E-state index in [1.165, 1.54) is 4.90 Å². The van der Waals surface area contributed by atoms with Crippen molar-refractivity contribution in [3.05, 3.63) is 24.3 Å². The van der Waals surface area contributed by atoms with Gasteiger partial charge in [0.2, 0.25) is 11.8 Å². The first kappa shape index (κ1) is 18.8. The van der Waals surface area contributed by atoms with Crippen molar-refractivity contribution >= 4 is 11.8 Å². The molecule has 0 aromatic heterocycles. The number of carbonyl (C=O) groups is 2. The molecule has 0 heterocycles. The number of nitrogens with one attached hydrogen (secondary N) is 1. The van der Waals surface area contributed by atoms with Gasteiger partial charge in [0.25, 0.3) is 0 Å². The molecule has 2 amide bonds. The van der Waals surface area contributed by atoms with Gasteiger partial charge in [-0.15, -0.1) is 0 Å². The van der Waals surface area contributed by atoms with Crippen molar-refractivity contribution in [2.75, 3.05) is 54.5 Å². The number of nitrogens with zero attached hydrogens (tertiary/aromatic N) is 2. The third-order valence-electron chi connectivity index (χ3n) is 3.07. The zero-order valence-corrected chi connectivity index (χ0v) is 14.2. The van der Waals surface area contributed by atoms with Gasteiger partial charge in [-0.2, -0.15) is 0 Å². The van der Waals surface area contributed by atoms with Gasteiger partial charge in [-0.05, 0) is 19.2 Å². The van der Waals surface area contributed by atoms with Crippen molar-refractivity contribution in [1.82, 2.24) is 15.1 Å². The van der Waals surface area contributed by atoms with Crippen molar-refractivity contribution in [3.8, 4) is 11.5 Å². The first-order valence-corrected chi connectivity index (χ1v) is 7.35. The molecule has 0 saturated carbocycles. The second kappa shape index (κ2) is 9.68. The fraction of sp³-hybridized carbons (Fsp3) is 0.500. The molecule has 0 saturated heterocycles. The van der Waals surface area contributed by atoms with Crippen LogP contribution in [0.25, 0.3) is 0 Å². The lowest BCUT2D eigenvalue weighted by Crippen LogP contribution is -2.41. The SMILES string of the molecule is COc1ccccc1OCCNC(=O)CN(C)CC(=O)N(C)C. The average molecular weight is 323 g/mol. The van der Waals surface area contributed by atoms with Gasteiger partial charge in [0.1, 0.15) is 6.61 Å². The Morgan fingerprint density at radius 1 is 1.09 bits per heavy atom. The summed E-state index contributed by atoms with van der Waals surface area (Å²) < 4.78 is 10.7. The molecular formula is C16H25N3O4. The molecule has 0 radical (unpaired) electrons. The van der Waals surface area contributed by atoms with E-state index in [1.807, 2.05) is 18.2 Å². The Kier molecular flexibility index (Phi) is 7.90. The Balaban J connectivity index is 2.25. The van der Waals surface area contributed by atoms with Crippen LogP contribution in [0.3, 0.4) is 0 Å². The molecule has 0 aliphatic heterocycles. The molecule has 0 aliphatic carbocycles. The van der Waals surface area contributed by atoms with Gasteiger partial charge in [0.15, 0.2) is 11.5 Å². The van der Waals surface area contributed by atoms with Gasteiger partial charge in [-0.1, -0.05) is 12.1 Å². The summed E-state index contributed by atoms with van der Waals surface area (Å²) in [5, 5.41) is 2.75. The summed E-state index contributed by atoms with van der Waals surface area (Å²) in [7, 11) is 6.68. The molecule has 0 aliphatic rings. The van der Waals surface area contributed by atoms with E-state index in [9.17, 15) is 9.59 Å². The number of rotatable bonds is 9. The number of para-hydroxylation sites is 2. The molecule has 0 unspecified atom stereocenters. The number of amides is 2. The number of carbonyl (C=O) groups excluding carboxylic acids is 2. The first-order valence-electron chi connectivity index (χ1n) is 7.35. The lowest BCUT2D eigenvalue weighted by molar-refractivity contribution is -0.130. The Hall–Kier alpha value is -2.28. The van der Waals surface area contributed by atoms with Crippen LogP contribution in [0.5, 0.6) is 11.5 Å². The third-order valence-corrected chi connectivity index (χ3v) is 3.07. The Morgan fingerprint density at radius 2 is 1.74 bits per heavy atom. The highest BCUT2D eigenvalue weighted by Crippen LogP contribution is 2.25. The molecule has 7 nitrogen and oxygen atoms in total. The topological polar surface area (TPSA) is 71.1 Å². The summed E-state index contributed by atoms with van der Waals surface area (Å²) in [6.45, 7) is 1.09. The number of benzene rings is 1. The molecule has 1 rings (SSSR count). The van der Waals surface area contributed by atoms with Crippen LogP contribution in [0, 0.1) is 0 Å². The lowest BCUT2D eigenvalue weighted by atomic mass is 10.3. The van der Waals surface area contributed by atoms with Crippen molar-refractivity contribution in [2.45, 2.75) is 0 Å². The van der Waals surface area contributed by atoms with Crippen LogP contribution in [0.2, 0.25) is 0 Å². The van der Waals surface area contributed by atoms with Gasteiger partial charge in [-0.3, -0.25) is 14.5 Å². The zero-order chi connectivity index (χ0) is 17.2. The van der Waals surface area contributed by atoms with Gasteiger partial charge in [0.05, 0.1) is 26.7 Å². The van der Waals surface area contributed by atoms with Crippen LogP contribution >= 0.6 is 0 Å². The van der Waals surface area contributed by atoms with Gasteiger partial charge >= 0.3 is 0 Å². The molecule has 0 bridgehead atoms. The molecular weight excluding hydrogens is 298 g/mol. The van der Waals surface area contributed by atoms with E-state index in [1.54, 1.807) is 39.2 Å². The highest BCUT2D eigenvalue weighted by Gasteiger charge is 2.11. The summed E-state index contributed by atoms with van der Waals surface area (Å²) in [6.07, 6.45) is 0. The van der Waals surface area contributed by atoms with E-state index in [0.29, 0.717) is 24.7 Å². The van der Waals surface area contributed by atoms with Crippen LogP contribution in [-0.2, 0) is 9.59 Å². The quantitative estimate of drug-likeness (QED) is 0.658. The summed E-state index contributed by atoms with van der Waals surface area (Å²) in [5.41, 5.74) is 0. The van der Waals surface area contributed by atoms with E-state index in [0.717, 1.165) is 0 Å². The fourth-order valence-electron chi connectivity index (χ4n) is 1.82. The third kappa shape index (κ3) is 7.01. The van der Waals surface area contributed by atoms with Crippen molar-refractivity contribution < 1.29 is 19.1 Å². The number of hydrogen-bond donors (Lipinski definition) is 1. The maximum Gasteiger partial charge on any atom is 0.236 e. The molecule has 1 N–H and O–H groups in total. The van der Waals surface area contributed by atoms with E-state index in [4.69, 9.17) is 9.47 Å². The minimum absolute atomic E-state index is 0.0418. The molecule has 128 valence electrons. The highest BCUT2D eigenvalue weighted by atomic mass is 16.5. The lowest BCUT2D eigenvalue weighted by Gasteiger charge is -2.18. The summed E-state index contributed by atoms with van der Waals surface area (Å²) >= 11 is 0. The van der Waals surface area contributed by atoms with Crippen LogP contribution in [-0.4, -0.2) is 76.1 Å². The minimum atomic E-state index is -0.150. The maximum absolute atomic E-state index is 11.8. The highest BCUT2D eigenvalue weighted by molar-refractivity contribution is 5.80. The summed E-state index contributed by atoms with van der Waals surface area (Å²) in [5.74, 6) is 1.10. The maximum atomic E-state index is 11.8. The molecule has 1 aromatic rings. The number of likely N-dealkylation sites (N-methyl/N-ethyl adjacent to an activating group) is 2. The van der Waals surface area contributed by atoms with Crippen LogP contribution in [0.1, 0.15) is 0 Å². The van der Waals surface area contributed by atoms with E-state index in [-0.39, 0.29) is 24.9 Å². The van der Waals surface area contributed by atoms with Crippen molar-refractivity contribution in [1.29, 1.82) is 0 Å². The summed E-state index contributed by atoms with van der Waals surface area (Å²) in [4.78, 5) is 26.5. The second-order valence-electron chi connectivity index (χ2n) is 5.31. The zero-order valence-electron chi connectivity index (χ0n) is 14.2. The summed E-state index contributed by atoms with van der Waals surface area (Å²) in [6, 6.07) is 7.33. The number of methoxy groups -OCH3 is 1. The number of ether oxygens (including phenoxy) is 2. The Labute approximate surface area is 137 Å². The van der Waals surface area contributed by atoms with E-state index < -0.39 is 0 Å². The normalized spacial score (nSPS) is 10.3. The molecule has 23 heavy (non-hydrogen) atoms. The van der Waals surface area contributed by atoms with E-state index in [2.05, 4.69) is 5.32 Å². The monoisotopic (exact) mass is 323 g/mol. The predicted molar refractivity (Wildman–Crippen MR) is 87.7 cm³/mol. The second-order valence-corrected chi connectivity index (χ2v) is 5.31. The van der Waals surface area contributed by atoms with Crippen molar-refractivity contribution in [2.24, 2.45) is 0 Å². The first-order chi connectivity index (χ1) is 10.9. The van der Waals surface area contributed by atoms with Gasteiger partial charge in [-0.25, -0.2) is 0 Å². The predicted octanol–water partition coefficient (Wildman–Crippen LogP) is 0.210. The molecule has 0 spiro atoms. The van der Waals surface area contributed by atoms with Gasteiger partial charge in [0, 0.05) is 14.1 Å². The van der Waals surface area contributed by atoms with Crippen LogP contribution in [0.4, 0.5) is 0 Å². The van der Waals surface area contributed by atoms with E-state index >= 15 is 0 Å². The van der Waals surface area contributed by atoms with Crippen LogP contribution < -0.4 is 14.8 Å². The molecule has 1 aromatic carbocycles. The Morgan fingerprint density at radius 3 is 2.35 bits per heavy atom. The minimum Gasteiger partial charge on any atom is -0.493 e. The molecule has 0 atom stereocenters. The number of hydrogen-bond acceptors (Lipinski definition) is 5.